The lowest BCUT2D eigenvalue weighted by atomic mass is 9.96. The molecule has 0 bridgehead atoms. The van der Waals surface area contributed by atoms with Crippen molar-refractivity contribution in [3.8, 4) is 0 Å². The number of halogens is 1. The number of carbonyl (C=O) groups excluding carboxylic acids is 1. The van der Waals surface area contributed by atoms with Gasteiger partial charge >= 0.3 is 5.97 Å². The summed E-state index contributed by atoms with van der Waals surface area (Å²) in [5.74, 6) is -0.314. The molecule has 2 aromatic rings. The first kappa shape index (κ1) is 19.1. The van der Waals surface area contributed by atoms with Gasteiger partial charge in [-0.05, 0) is 55.6 Å². The van der Waals surface area contributed by atoms with E-state index >= 15 is 0 Å². The van der Waals surface area contributed by atoms with Crippen molar-refractivity contribution < 1.29 is 9.53 Å². The van der Waals surface area contributed by atoms with Gasteiger partial charge in [-0.2, -0.15) is 0 Å². The van der Waals surface area contributed by atoms with Crippen LogP contribution >= 0.6 is 35.2 Å². The van der Waals surface area contributed by atoms with E-state index in [1.807, 2.05) is 18.2 Å². The first-order valence-electron chi connectivity index (χ1n) is 8.65. The Bertz CT molecular complexity index is 820. The Labute approximate surface area is 167 Å². The van der Waals surface area contributed by atoms with Gasteiger partial charge < -0.3 is 15.4 Å². The fourth-order valence-corrected chi connectivity index (χ4v) is 4.89. The van der Waals surface area contributed by atoms with Crippen LogP contribution in [0.5, 0.6) is 0 Å². The van der Waals surface area contributed by atoms with Gasteiger partial charge in [0.2, 0.25) is 0 Å². The first-order chi connectivity index (χ1) is 12.6. The van der Waals surface area contributed by atoms with Crippen LogP contribution in [0.2, 0.25) is 5.02 Å². The largest absolute Gasteiger partial charge is 0.465 e. The number of nitrogens with one attached hydrogen (secondary N) is 2. The van der Waals surface area contributed by atoms with Crippen molar-refractivity contribution in [2.75, 3.05) is 17.7 Å². The minimum Gasteiger partial charge on any atom is -0.465 e. The second-order valence-corrected chi connectivity index (χ2v) is 8.09. The Balaban J connectivity index is 1.86. The molecule has 26 heavy (non-hydrogen) atoms. The summed E-state index contributed by atoms with van der Waals surface area (Å²) in [4.78, 5) is 13.7. The van der Waals surface area contributed by atoms with E-state index in [9.17, 15) is 4.79 Å². The topological polar surface area (TPSA) is 50.4 Å². The third-order valence-electron chi connectivity index (χ3n) is 4.41. The maximum absolute atomic E-state index is 12.4. The molecule has 0 atom stereocenters. The number of hydrogen-bond acceptors (Lipinski definition) is 4. The minimum absolute atomic E-state index is 0.314. The van der Waals surface area contributed by atoms with Crippen molar-refractivity contribution in [3.05, 3.63) is 45.3 Å². The Morgan fingerprint density at radius 2 is 1.88 bits per heavy atom. The summed E-state index contributed by atoms with van der Waals surface area (Å²) in [6, 6.07) is 7.39. The highest BCUT2D eigenvalue weighted by Gasteiger charge is 2.25. The Morgan fingerprint density at radius 1 is 1.15 bits per heavy atom. The highest BCUT2D eigenvalue weighted by atomic mass is 35.5. The molecule has 0 radical (unpaired) electrons. The fourth-order valence-electron chi connectivity index (χ4n) is 3.14. The van der Waals surface area contributed by atoms with Crippen LogP contribution in [-0.4, -0.2) is 18.2 Å². The molecule has 138 valence electrons. The predicted octanol–water partition coefficient (Wildman–Crippen LogP) is 5.66. The highest BCUT2D eigenvalue weighted by molar-refractivity contribution is 7.80. The second kappa shape index (κ2) is 8.84. The van der Waals surface area contributed by atoms with Crippen LogP contribution in [0.4, 0.5) is 10.7 Å². The molecule has 1 aromatic carbocycles. The van der Waals surface area contributed by atoms with E-state index in [1.165, 1.54) is 24.8 Å². The van der Waals surface area contributed by atoms with Gasteiger partial charge in [-0.25, -0.2) is 4.79 Å². The number of ether oxygens (including phenoxy) is 1. The average Bonchev–Trinajstić information content (AvgIpc) is 2.92. The number of thiophene rings is 1. The molecule has 0 amide bonds. The predicted molar refractivity (Wildman–Crippen MR) is 113 cm³/mol. The van der Waals surface area contributed by atoms with Crippen molar-refractivity contribution in [1.82, 2.24) is 0 Å². The maximum Gasteiger partial charge on any atom is 0.341 e. The number of para-hydroxylation sites is 1. The number of rotatable bonds is 3. The summed E-state index contributed by atoms with van der Waals surface area (Å²) < 4.78 is 5.04. The van der Waals surface area contributed by atoms with E-state index in [2.05, 4.69) is 10.6 Å². The molecule has 7 heteroatoms. The zero-order valence-electron chi connectivity index (χ0n) is 14.6. The van der Waals surface area contributed by atoms with E-state index < -0.39 is 0 Å². The van der Waals surface area contributed by atoms with Crippen LogP contribution in [0.1, 0.15) is 46.5 Å². The molecule has 1 heterocycles. The van der Waals surface area contributed by atoms with Crippen molar-refractivity contribution in [2.24, 2.45) is 0 Å². The van der Waals surface area contributed by atoms with E-state index in [1.54, 1.807) is 17.4 Å². The van der Waals surface area contributed by atoms with E-state index in [0.717, 1.165) is 41.9 Å². The molecule has 0 unspecified atom stereocenters. The van der Waals surface area contributed by atoms with Gasteiger partial charge in [0.25, 0.3) is 0 Å². The molecule has 0 fully saturated rings. The van der Waals surface area contributed by atoms with Crippen LogP contribution < -0.4 is 10.6 Å². The summed E-state index contributed by atoms with van der Waals surface area (Å²) >= 11 is 13.2. The lowest BCUT2D eigenvalue weighted by Crippen LogP contribution is -2.20. The Morgan fingerprint density at radius 3 is 2.62 bits per heavy atom. The Kier molecular flexibility index (Phi) is 6.51. The minimum atomic E-state index is -0.314. The number of thiocarbonyl (C=S) groups is 1. The van der Waals surface area contributed by atoms with Gasteiger partial charge in [0.1, 0.15) is 5.00 Å². The molecule has 1 aromatic heterocycles. The zero-order valence-corrected chi connectivity index (χ0v) is 17.0. The lowest BCUT2D eigenvalue weighted by molar-refractivity contribution is 0.0601. The SMILES string of the molecule is COC(=O)c1c(NC(=S)Nc2ccccc2Cl)sc2c1CCCCCC2. The van der Waals surface area contributed by atoms with Gasteiger partial charge in [0.05, 0.1) is 23.4 Å². The van der Waals surface area contributed by atoms with E-state index in [4.69, 9.17) is 28.6 Å². The van der Waals surface area contributed by atoms with Gasteiger partial charge in [-0.3, -0.25) is 0 Å². The molecule has 0 saturated carbocycles. The van der Waals surface area contributed by atoms with Gasteiger partial charge in [0.15, 0.2) is 5.11 Å². The smallest absolute Gasteiger partial charge is 0.341 e. The number of hydrogen-bond donors (Lipinski definition) is 2. The summed E-state index contributed by atoms with van der Waals surface area (Å²) in [6.45, 7) is 0. The van der Waals surface area contributed by atoms with Gasteiger partial charge in [-0.15, -0.1) is 11.3 Å². The van der Waals surface area contributed by atoms with E-state index in [0.29, 0.717) is 15.7 Å². The van der Waals surface area contributed by atoms with Crippen molar-refractivity contribution >= 4 is 56.9 Å². The summed E-state index contributed by atoms with van der Waals surface area (Å²) in [6.07, 6.45) is 6.58. The molecular weight excluding hydrogens is 388 g/mol. The second-order valence-electron chi connectivity index (χ2n) is 6.17. The van der Waals surface area contributed by atoms with Crippen LogP contribution in [0.3, 0.4) is 0 Å². The number of methoxy groups -OCH3 is 1. The summed E-state index contributed by atoms with van der Waals surface area (Å²) in [5, 5.41) is 8.00. The number of fused-ring (bicyclic) bond motifs is 1. The molecule has 3 rings (SSSR count). The van der Waals surface area contributed by atoms with Gasteiger partial charge in [0, 0.05) is 4.88 Å². The van der Waals surface area contributed by atoms with Crippen LogP contribution in [-0.2, 0) is 17.6 Å². The highest BCUT2D eigenvalue weighted by Crippen LogP contribution is 2.37. The zero-order chi connectivity index (χ0) is 18.5. The third-order valence-corrected chi connectivity index (χ3v) is 6.15. The fraction of sp³-hybridized carbons (Fsp3) is 0.368. The standard InChI is InChI=1S/C19H21ClN2O2S2/c1-24-18(23)16-12-8-4-2-3-5-11-15(12)26-17(16)22-19(25)21-14-10-7-6-9-13(14)20/h6-7,9-10H,2-5,8,11H2,1H3,(H2,21,22,25). The number of anilines is 2. The van der Waals surface area contributed by atoms with Crippen LogP contribution in [0, 0.1) is 0 Å². The Hall–Kier alpha value is -1.63. The summed E-state index contributed by atoms with van der Waals surface area (Å²) in [7, 11) is 1.42. The third kappa shape index (κ3) is 4.37. The lowest BCUT2D eigenvalue weighted by Gasteiger charge is -2.12. The molecule has 1 aliphatic rings. The average molecular weight is 409 g/mol. The number of aryl methyl sites for hydroxylation is 1. The van der Waals surface area contributed by atoms with Crippen molar-refractivity contribution in [2.45, 2.75) is 38.5 Å². The molecule has 2 N–H and O–H groups in total. The number of carbonyl (C=O) groups is 1. The molecule has 0 aliphatic heterocycles. The van der Waals surface area contributed by atoms with Gasteiger partial charge in [-0.1, -0.05) is 36.6 Å². The van der Waals surface area contributed by atoms with Crippen LogP contribution in [0.25, 0.3) is 0 Å². The normalized spacial score (nSPS) is 13.9. The maximum atomic E-state index is 12.4. The summed E-state index contributed by atoms with van der Waals surface area (Å²) in [5.41, 5.74) is 2.46. The van der Waals surface area contributed by atoms with E-state index in [-0.39, 0.29) is 5.97 Å². The first-order valence-corrected chi connectivity index (χ1v) is 10.3. The quantitative estimate of drug-likeness (QED) is 0.507. The van der Waals surface area contributed by atoms with Crippen molar-refractivity contribution in [1.29, 1.82) is 0 Å². The monoisotopic (exact) mass is 408 g/mol. The molecule has 0 spiro atoms. The number of esters is 1. The molecule has 1 aliphatic carbocycles. The van der Waals surface area contributed by atoms with Crippen molar-refractivity contribution in [3.63, 3.8) is 0 Å². The molecule has 0 saturated heterocycles. The van der Waals surface area contributed by atoms with Crippen LogP contribution in [0.15, 0.2) is 24.3 Å². The number of benzene rings is 1. The molecule has 4 nitrogen and oxygen atoms in total. The molecular formula is C19H21ClN2O2S2.